The van der Waals surface area contributed by atoms with Gasteiger partial charge in [0.2, 0.25) is 5.36 Å². The van der Waals surface area contributed by atoms with Crippen LogP contribution < -0.4 is 73.9 Å². The van der Waals surface area contributed by atoms with Crippen molar-refractivity contribution >= 4 is 48.1 Å². The molecule has 1 aliphatic carbocycles. The molecule has 296 valence electrons. The zero-order valence-corrected chi connectivity index (χ0v) is 39.4. The number of carboxylic acid groups (broad SMARTS) is 1. The van der Waals surface area contributed by atoms with E-state index in [9.17, 15) is 48.8 Å². The van der Waals surface area contributed by atoms with Crippen molar-refractivity contribution in [3.05, 3.63) is 82.6 Å². The fourth-order valence-corrected chi connectivity index (χ4v) is 8.38. The van der Waals surface area contributed by atoms with E-state index in [4.69, 9.17) is 4.42 Å². The standard InChI is InChI=1S/C37H48N2O12S3.2Na/c1-6-38(19-9-21-52(42,43)44)26-14-16-29-30(36(2,3)4)24-27(51-33(29)23-26)11-7-12-34-37(5,18-8-13-35(40)41)31-25-28(54(48,49)50)15-17-32(31)39(34)20-10-22-53(45,46)47;;/h7,11-12,14-17,23-25H,6,8-10,13,18-22H2,1-5H3,(H3-,40,41,42,43,44,45,46,47,48,49,50);;/q;2*+1/p-2. The van der Waals surface area contributed by atoms with Crippen LogP contribution >= 0.6 is 0 Å². The number of carbonyl (C=O) groups is 1. The summed E-state index contributed by atoms with van der Waals surface area (Å²) < 4.78 is 112. The van der Waals surface area contributed by atoms with Crippen molar-refractivity contribution in [1.82, 2.24) is 4.58 Å². The zero-order valence-electron chi connectivity index (χ0n) is 32.9. The maximum atomic E-state index is 12.1. The number of fused-ring (bicyclic) bond motifs is 2. The third kappa shape index (κ3) is 13.3. The van der Waals surface area contributed by atoms with Crippen molar-refractivity contribution in [2.45, 2.75) is 82.4 Å². The summed E-state index contributed by atoms with van der Waals surface area (Å²) in [5.74, 6) is -1.12. The summed E-state index contributed by atoms with van der Waals surface area (Å²) in [4.78, 5) is 12.8. The van der Waals surface area contributed by atoms with E-state index in [2.05, 4.69) is 20.8 Å². The van der Waals surface area contributed by atoms with E-state index in [0.29, 0.717) is 41.6 Å². The molecule has 0 saturated carbocycles. The number of allylic oxidation sites excluding steroid dienone is 3. The molecule has 0 radical (unpaired) electrons. The molecule has 0 amide bonds. The number of aliphatic carboxylic acids is 1. The van der Waals surface area contributed by atoms with Gasteiger partial charge in [-0.15, -0.1) is 0 Å². The second kappa shape index (κ2) is 19.9. The summed E-state index contributed by atoms with van der Waals surface area (Å²) in [7, 11) is -13.8. The number of anilines is 1. The van der Waals surface area contributed by atoms with E-state index in [1.54, 1.807) is 30.1 Å². The molecular formula is C37H46N2Na2O12S3. The molecular weight excluding hydrogens is 807 g/mol. The minimum atomic E-state index is -4.86. The van der Waals surface area contributed by atoms with E-state index in [1.807, 2.05) is 35.8 Å². The predicted molar refractivity (Wildman–Crippen MR) is 201 cm³/mol. The topological polar surface area (TPSA) is 228 Å². The maximum absolute atomic E-state index is 12.1. The van der Waals surface area contributed by atoms with Gasteiger partial charge in [-0.1, -0.05) is 26.8 Å². The van der Waals surface area contributed by atoms with Gasteiger partial charge in [0.1, 0.15) is 34.7 Å². The van der Waals surface area contributed by atoms with Gasteiger partial charge >= 0.3 is 65.1 Å². The quantitative estimate of drug-likeness (QED) is 0.0954. The molecule has 1 atom stereocenters. The van der Waals surface area contributed by atoms with Crippen LogP contribution in [0.5, 0.6) is 0 Å². The molecule has 4 rings (SSSR count). The monoisotopic (exact) mass is 852 g/mol. The first kappa shape index (κ1) is 50.3. The van der Waals surface area contributed by atoms with Gasteiger partial charge in [0.15, 0.2) is 0 Å². The number of carboxylic acids is 1. The van der Waals surface area contributed by atoms with Crippen LogP contribution in [0.1, 0.15) is 83.6 Å². The summed E-state index contributed by atoms with van der Waals surface area (Å²) in [6.07, 6.45) is 5.53. The van der Waals surface area contributed by atoms with Crippen LogP contribution in [-0.2, 0) is 46.0 Å². The van der Waals surface area contributed by atoms with E-state index >= 15 is 0 Å². The van der Waals surface area contributed by atoms with Gasteiger partial charge in [-0.3, -0.25) is 4.79 Å². The smallest absolute Gasteiger partial charge is 0.748 e. The number of nitrogens with zero attached hydrogens (tertiary/aromatic N) is 2. The molecule has 1 unspecified atom stereocenters. The van der Waals surface area contributed by atoms with Crippen LogP contribution in [-0.4, -0.2) is 81.1 Å². The summed E-state index contributed by atoms with van der Waals surface area (Å²) in [6.45, 7) is 10.8. The first-order valence-electron chi connectivity index (χ1n) is 17.4. The maximum Gasteiger partial charge on any atom is 1.00 e. The molecule has 0 aromatic heterocycles. The molecule has 0 fully saturated rings. The molecule has 2 heterocycles. The van der Waals surface area contributed by atoms with E-state index in [1.165, 1.54) is 12.1 Å². The Kier molecular flexibility index (Phi) is 17.9. The normalized spacial score (nSPS) is 17.5. The van der Waals surface area contributed by atoms with Gasteiger partial charge < -0.3 is 28.1 Å². The second-order valence-corrected chi connectivity index (χ2v) is 19.0. The van der Waals surface area contributed by atoms with Gasteiger partial charge in [0.05, 0.1) is 31.2 Å². The molecule has 56 heavy (non-hydrogen) atoms. The summed E-state index contributed by atoms with van der Waals surface area (Å²) in [5.41, 5.74) is 2.00. The molecule has 19 heteroatoms. The van der Waals surface area contributed by atoms with Crippen LogP contribution in [0.4, 0.5) is 5.69 Å². The van der Waals surface area contributed by atoms with Crippen molar-refractivity contribution in [3.8, 4) is 11.3 Å². The third-order valence-electron chi connectivity index (χ3n) is 9.50. The fraction of sp³-hybridized carbons (Fsp3) is 0.459. The van der Waals surface area contributed by atoms with Crippen molar-refractivity contribution < 1.29 is 112 Å². The Hall–Kier alpha value is -1.87. The minimum Gasteiger partial charge on any atom is -0.748 e. The largest absolute Gasteiger partial charge is 1.00 e. The number of hydrogen-bond acceptors (Lipinski definition) is 12. The Morgan fingerprint density at radius 2 is 1.57 bits per heavy atom. The van der Waals surface area contributed by atoms with Gasteiger partial charge in [-0.25, -0.2) is 29.8 Å². The van der Waals surface area contributed by atoms with Crippen LogP contribution in [0.25, 0.3) is 17.4 Å². The van der Waals surface area contributed by atoms with Crippen LogP contribution in [0, 0.1) is 0 Å². The Balaban J connectivity index is 0.00000541. The first-order valence-corrected chi connectivity index (χ1v) is 22.0. The van der Waals surface area contributed by atoms with Gasteiger partial charge in [-0.05, 0) is 92.1 Å². The zero-order chi connectivity index (χ0) is 40.3. The summed E-state index contributed by atoms with van der Waals surface area (Å²) >= 11 is 0. The molecule has 14 nitrogen and oxygen atoms in total. The van der Waals surface area contributed by atoms with Gasteiger partial charge in [0, 0.05) is 59.3 Å². The summed E-state index contributed by atoms with van der Waals surface area (Å²) in [6, 6.07) is 11.5. The van der Waals surface area contributed by atoms with E-state index in [0.717, 1.165) is 22.6 Å². The average Bonchev–Trinajstić information content (AvgIpc) is 3.26. The fourth-order valence-electron chi connectivity index (χ4n) is 6.91. The minimum absolute atomic E-state index is 0. The van der Waals surface area contributed by atoms with Gasteiger partial charge in [-0.2, -0.15) is 0 Å². The van der Waals surface area contributed by atoms with Crippen LogP contribution in [0.3, 0.4) is 0 Å². The number of benzene rings is 2. The van der Waals surface area contributed by atoms with Crippen LogP contribution in [0.2, 0.25) is 0 Å². The Morgan fingerprint density at radius 1 is 0.929 bits per heavy atom. The van der Waals surface area contributed by atoms with Crippen molar-refractivity contribution in [2.75, 3.05) is 36.0 Å². The molecule has 0 saturated heterocycles. The molecule has 1 N–H and O–H groups in total. The Labute approximate surface area is 374 Å². The molecule has 0 bridgehead atoms. The van der Waals surface area contributed by atoms with Crippen molar-refractivity contribution in [3.63, 3.8) is 0 Å². The number of rotatable bonds is 16. The molecule has 2 aliphatic heterocycles. The van der Waals surface area contributed by atoms with Crippen LogP contribution in [0.15, 0.2) is 69.6 Å². The van der Waals surface area contributed by atoms with E-state index < -0.39 is 58.1 Å². The van der Waals surface area contributed by atoms with E-state index in [-0.39, 0.29) is 103 Å². The van der Waals surface area contributed by atoms with Crippen molar-refractivity contribution in [1.29, 1.82) is 0 Å². The van der Waals surface area contributed by atoms with Gasteiger partial charge in [0.25, 0.3) is 0 Å². The molecule has 1 aromatic carbocycles. The van der Waals surface area contributed by atoms with Crippen molar-refractivity contribution in [2.24, 2.45) is 0 Å². The molecule has 0 spiro atoms. The molecule has 3 aliphatic rings. The molecule has 1 aromatic rings. The predicted octanol–water partition coefficient (Wildman–Crippen LogP) is -1.81. The first-order chi connectivity index (χ1) is 24.9. The number of hydrogen-bond donors (Lipinski definition) is 1. The third-order valence-corrected chi connectivity index (χ3v) is 11.9. The second-order valence-electron chi connectivity index (χ2n) is 14.6. The Bertz CT molecular complexity index is 2330. The Morgan fingerprint density at radius 3 is 2.14 bits per heavy atom. The SMILES string of the molecule is CC[N+](CCCS(=O)(=O)[O-])=c1ccc2c(C(C)(C)C)cc(/C=C/C=C3/N(CCCS(=O)(=O)[O-])c4ccc(S(=O)(=O)[O-])cc4C3(C)CCCC(=O)O)oc-2c1.[Na+].[Na+]. The average molecular weight is 853 g/mol. The summed E-state index contributed by atoms with van der Waals surface area (Å²) in [5, 5.41) is 10.2.